The molecule has 4 rings (SSSR count). The van der Waals surface area contributed by atoms with Gasteiger partial charge in [0, 0.05) is 15.9 Å². The molecule has 1 fully saturated rings. The molecule has 0 N–H and O–H groups in total. The van der Waals surface area contributed by atoms with Crippen molar-refractivity contribution in [2.24, 2.45) is 0 Å². The Kier molecular flexibility index (Phi) is 5.05. The van der Waals surface area contributed by atoms with Crippen LogP contribution in [0.15, 0.2) is 84.9 Å². The lowest BCUT2D eigenvalue weighted by molar-refractivity contribution is 0.0842. The fraction of sp³-hybridized carbons (Fsp3) is 0.217. The van der Waals surface area contributed by atoms with E-state index in [-0.39, 0.29) is 11.7 Å². The third-order valence-corrected chi connectivity index (χ3v) is 8.52. The SMILES string of the molecule is CC1OB(c2cccc(P(=O)(c3ccccc3)c3ccccc3)c2)OC1(C)C. The van der Waals surface area contributed by atoms with Gasteiger partial charge in [-0.05, 0) is 26.2 Å². The zero-order valence-electron chi connectivity index (χ0n) is 16.4. The Morgan fingerprint density at radius 2 is 1.36 bits per heavy atom. The van der Waals surface area contributed by atoms with Crippen LogP contribution >= 0.6 is 7.14 Å². The monoisotopic (exact) mass is 390 g/mol. The Bertz CT molecular complexity index is 961. The average molecular weight is 390 g/mol. The highest BCUT2D eigenvalue weighted by Gasteiger charge is 2.44. The molecule has 0 amide bonds. The summed E-state index contributed by atoms with van der Waals surface area (Å²) >= 11 is 0. The fourth-order valence-corrected chi connectivity index (χ4v) is 6.19. The van der Waals surface area contributed by atoms with Crippen LogP contribution in [-0.4, -0.2) is 18.8 Å². The molecule has 0 spiro atoms. The molecule has 0 saturated carbocycles. The Labute approximate surface area is 167 Å². The maximum Gasteiger partial charge on any atom is 0.494 e. The summed E-state index contributed by atoms with van der Waals surface area (Å²) < 4.78 is 26.6. The van der Waals surface area contributed by atoms with E-state index in [9.17, 15) is 4.57 Å². The molecule has 28 heavy (non-hydrogen) atoms. The van der Waals surface area contributed by atoms with E-state index in [2.05, 4.69) is 0 Å². The quantitative estimate of drug-likeness (QED) is 0.507. The van der Waals surface area contributed by atoms with Gasteiger partial charge in [-0.25, -0.2) is 0 Å². The van der Waals surface area contributed by atoms with E-state index in [0.717, 1.165) is 21.4 Å². The lowest BCUT2D eigenvalue weighted by Gasteiger charge is -2.22. The highest BCUT2D eigenvalue weighted by molar-refractivity contribution is 7.85. The molecule has 5 heteroatoms. The molecule has 1 heterocycles. The summed E-state index contributed by atoms with van der Waals surface area (Å²) in [6, 6.07) is 27.2. The maximum absolute atomic E-state index is 14.5. The molecule has 0 radical (unpaired) electrons. The first kappa shape index (κ1) is 19.2. The number of benzene rings is 3. The molecule has 1 aliphatic heterocycles. The van der Waals surface area contributed by atoms with Gasteiger partial charge in [0.2, 0.25) is 0 Å². The van der Waals surface area contributed by atoms with Crippen LogP contribution in [0.1, 0.15) is 20.8 Å². The molecule has 0 aliphatic carbocycles. The number of hydrogen-bond acceptors (Lipinski definition) is 3. The molecule has 3 nitrogen and oxygen atoms in total. The van der Waals surface area contributed by atoms with E-state index in [0.29, 0.717) is 0 Å². The van der Waals surface area contributed by atoms with Gasteiger partial charge in [-0.3, -0.25) is 0 Å². The highest BCUT2D eigenvalue weighted by Crippen LogP contribution is 2.42. The van der Waals surface area contributed by atoms with Gasteiger partial charge in [0.25, 0.3) is 0 Å². The Hall–Kier alpha value is -2.13. The van der Waals surface area contributed by atoms with Crippen LogP contribution in [0.3, 0.4) is 0 Å². The first-order valence-electron chi connectivity index (χ1n) is 9.56. The minimum absolute atomic E-state index is 0.0174. The summed E-state index contributed by atoms with van der Waals surface area (Å²) in [5.41, 5.74) is 0.533. The van der Waals surface area contributed by atoms with Crippen molar-refractivity contribution < 1.29 is 13.9 Å². The van der Waals surface area contributed by atoms with Crippen LogP contribution in [0.5, 0.6) is 0 Å². The molecule has 1 atom stereocenters. The van der Waals surface area contributed by atoms with Crippen molar-refractivity contribution in [3.63, 3.8) is 0 Å². The summed E-state index contributed by atoms with van der Waals surface area (Å²) in [5, 5.41) is 2.42. The average Bonchev–Trinajstić information content (AvgIpc) is 3.01. The molecular formula is C23H24BO3P. The van der Waals surface area contributed by atoms with Crippen LogP contribution < -0.4 is 21.4 Å². The smallest absolute Gasteiger partial charge is 0.402 e. The zero-order chi connectivity index (χ0) is 19.8. The Balaban J connectivity index is 1.82. The predicted octanol–water partition coefficient (Wildman–Crippen LogP) is 3.24. The standard InChI is InChI=1S/C23H24BO3P/c1-18-23(2,3)27-24(26-18)19-11-10-16-22(17-19)28(25,20-12-6-4-7-13-20)21-14-8-5-9-15-21/h4-18H,1-3H3. The van der Waals surface area contributed by atoms with Crippen molar-refractivity contribution in [1.82, 2.24) is 0 Å². The largest absolute Gasteiger partial charge is 0.494 e. The summed E-state index contributed by atoms with van der Waals surface area (Å²) in [7, 11) is -3.46. The third kappa shape index (κ3) is 3.37. The molecule has 1 unspecified atom stereocenters. The van der Waals surface area contributed by atoms with Crippen molar-refractivity contribution >= 4 is 35.6 Å². The second-order valence-electron chi connectivity index (χ2n) is 7.71. The first-order chi connectivity index (χ1) is 13.4. The lowest BCUT2D eigenvalue weighted by atomic mass is 9.79. The van der Waals surface area contributed by atoms with Crippen LogP contribution in [0.2, 0.25) is 0 Å². The van der Waals surface area contributed by atoms with E-state index in [1.165, 1.54) is 0 Å². The van der Waals surface area contributed by atoms with E-state index < -0.39 is 14.3 Å². The fourth-order valence-electron chi connectivity index (χ4n) is 3.49. The van der Waals surface area contributed by atoms with Crippen molar-refractivity contribution in [2.75, 3.05) is 0 Å². The maximum atomic E-state index is 14.5. The van der Waals surface area contributed by atoms with Gasteiger partial charge in [-0.2, -0.15) is 0 Å². The molecule has 3 aromatic carbocycles. The van der Waals surface area contributed by atoms with Crippen molar-refractivity contribution in [1.29, 1.82) is 0 Å². The minimum Gasteiger partial charge on any atom is -0.402 e. The first-order valence-corrected chi connectivity index (χ1v) is 11.3. The molecule has 1 aliphatic rings. The summed E-state index contributed by atoms with van der Waals surface area (Å²) in [4.78, 5) is 0. The van der Waals surface area contributed by atoms with Gasteiger partial charge in [0.1, 0.15) is 0 Å². The van der Waals surface area contributed by atoms with Gasteiger partial charge < -0.3 is 13.9 Å². The molecule has 142 valence electrons. The second kappa shape index (κ2) is 7.37. The van der Waals surface area contributed by atoms with Crippen molar-refractivity contribution in [3.05, 3.63) is 84.9 Å². The topological polar surface area (TPSA) is 35.5 Å². The van der Waals surface area contributed by atoms with Gasteiger partial charge in [-0.1, -0.05) is 84.9 Å². The van der Waals surface area contributed by atoms with E-state index in [4.69, 9.17) is 9.31 Å². The zero-order valence-corrected chi connectivity index (χ0v) is 17.3. The van der Waals surface area contributed by atoms with Crippen LogP contribution in [-0.2, 0) is 13.9 Å². The molecule has 1 saturated heterocycles. The summed E-state index contributed by atoms with van der Waals surface area (Å²) in [5.74, 6) is 0. The Morgan fingerprint density at radius 1 is 0.821 bits per heavy atom. The van der Waals surface area contributed by atoms with Crippen molar-refractivity contribution in [3.8, 4) is 0 Å². The number of hydrogen-bond donors (Lipinski definition) is 0. The lowest BCUT2D eigenvalue weighted by Crippen LogP contribution is -2.37. The summed E-state index contributed by atoms with van der Waals surface area (Å²) in [6.07, 6.45) is -0.0174. The van der Waals surface area contributed by atoms with Crippen LogP contribution in [0, 0.1) is 0 Å². The van der Waals surface area contributed by atoms with E-state index in [1.54, 1.807) is 0 Å². The van der Waals surface area contributed by atoms with Crippen LogP contribution in [0.25, 0.3) is 0 Å². The molecule has 0 aromatic heterocycles. The summed E-state index contributed by atoms with van der Waals surface area (Å²) in [6.45, 7) is 6.07. The number of rotatable bonds is 4. The minimum atomic E-state index is -3.00. The van der Waals surface area contributed by atoms with Gasteiger partial charge in [-0.15, -0.1) is 0 Å². The van der Waals surface area contributed by atoms with Crippen LogP contribution in [0.4, 0.5) is 0 Å². The molecular weight excluding hydrogens is 366 g/mol. The van der Waals surface area contributed by atoms with Crippen molar-refractivity contribution in [2.45, 2.75) is 32.5 Å². The van der Waals surface area contributed by atoms with Gasteiger partial charge >= 0.3 is 7.12 Å². The second-order valence-corrected chi connectivity index (χ2v) is 10.5. The van der Waals surface area contributed by atoms with Gasteiger partial charge in [0.15, 0.2) is 7.14 Å². The normalized spacial score (nSPS) is 19.0. The van der Waals surface area contributed by atoms with Gasteiger partial charge in [0.05, 0.1) is 11.7 Å². The highest BCUT2D eigenvalue weighted by atomic mass is 31.2. The predicted molar refractivity (Wildman–Crippen MR) is 117 cm³/mol. The van der Waals surface area contributed by atoms with E-state index in [1.807, 2.05) is 106 Å². The molecule has 0 bridgehead atoms. The Morgan fingerprint density at radius 3 is 1.86 bits per heavy atom. The third-order valence-electron chi connectivity index (χ3n) is 5.46. The molecule has 3 aromatic rings. The van der Waals surface area contributed by atoms with E-state index >= 15 is 0 Å².